The molecule has 0 radical (unpaired) electrons. The summed E-state index contributed by atoms with van der Waals surface area (Å²) in [6.45, 7) is 5.99. The van der Waals surface area contributed by atoms with Crippen molar-refractivity contribution in [3.8, 4) is 10.8 Å². The van der Waals surface area contributed by atoms with Gasteiger partial charge in [0.1, 0.15) is 0 Å². The zero-order chi connectivity index (χ0) is 18.8. The average molecular weight is 406 g/mol. The van der Waals surface area contributed by atoms with E-state index in [0.717, 1.165) is 49.6 Å². The van der Waals surface area contributed by atoms with Gasteiger partial charge in [0.05, 0.1) is 10.1 Å². The number of amides is 1. The van der Waals surface area contributed by atoms with E-state index in [9.17, 15) is 4.79 Å². The van der Waals surface area contributed by atoms with Gasteiger partial charge in [-0.05, 0) is 56.6 Å². The van der Waals surface area contributed by atoms with E-state index in [4.69, 9.17) is 4.42 Å². The van der Waals surface area contributed by atoms with Crippen molar-refractivity contribution in [3.05, 3.63) is 16.5 Å². The summed E-state index contributed by atoms with van der Waals surface area (Å²) >= 11 is 3.15. The highest BCUT2D eigenvalue weighted by Crippen LogP contribution is 2.37. The van der Waals surface area contributed by atoms with Gasteiger partial charge in [0, 0.05) is 18.0 Å². The molecule has 2 aliphatic rings. The molecule has 0 bridgehead atoms. The van der Waals surface area contributed by atoms with Crippen LogP contribution in [-0.4, -0.2) is 39.3 Å². The van der Waals surface area contributed by atoms with Gasteiger partial charge in [-0.15, -0.1) is 21.5 Å². The number of likely N-dealkylation sites (tertiary alicyclic amines) is 1. The van der Waals surface area contributed by atoms with Crippen molar-refractivity contribution in [1.29, 1.82) is 0 Å². The second-order valence-electron chi connectivity index (χ2n) is 7.78. The van der Waals surface area contributed by atoms with Crippen LogP contribution >= 0.6 is 23.1 Å². The van der Waals surface area contributed by atoms with Gasteiger partial charge in [0.15, 0.2) is 0 Å². The van der Waals surface area contributed by atoms with E-state index in [0.29, 0.717) is 11.1 Å². The summed E-state index contributed by atoms with van der Waals surface area (Å²) < 4.78 is 5.89. The molecule has 1 aliphatic carbocycles. The molecule has 2 aromatic heterocycles. The van der Waals surface area contributed by atoms with Gasteiger partial charge in [-0.3, -0.25) is 4.79 Å². The fraction of sp³-hybridized carbons (Fsp3) is 0.650. The smallest absolute Gasteiger partial charge is 0.277 e. The van der Waals surface area contributed by atoms with Crippen LogP contribution in [0.1, 0.15) is 56.4 Å². The molecule has 0 saturated carbocycles. The highest BCUT2D eigenvalue weighted by Gasteiger charge is 2.25. The molecule has 146 valence electrons. The lowest BCUT2D eigenvalue weighted by Crippen LogP contribution is -2.37. The van der Waals surface area contributed by atoms with Crippen LogP contribution in [0.4, 0.5) is 0 Å². The number of carbonyl (C=O) groups is 1. The van der Waals surface area contributed by atoms with E-state index in [1.165, 1.54) is 41.5 Å². The molecule has 1 saturated heterocycles. The monoisotopic (exact) mass is 405 g/mol. The van der Waals surface area contributed by atoms with Gasteiger partial charge in [-0.2, -0.15) is 0 Å². The molecule has 3 heterocycles. The third-order valence-electron chi connectivity index (χ3n) is 5.49. The van der Waals surface area contributed by atoms with Gasteiger partial charge in [0.25, 0.3) is 11.1 Å². The normalized spacial score (nSPS) is 21.6. The molecule has 5 nitrogen and oxygen atoms in total. The standard InChI is InChI=1S/C20H27N3O2S2/c1-13-7-8-16-15(11-13)12-17(27-16)18-21-22-20(25-18)26-14(2)19(24)23-9-5-3-4-6-10-23/h12-14H,3-11H2,1-2H3/t13-,14+/m0/s1. The first kappa shape index (κ1) is 19.0. The molecular weight excluding hydrogens is 378 g/mol. The summed E-state index contributed by atoms with van der Waals surface area (Å²) in [5.41, 5.74) is 1.44. The Morgan fingerprint density at radius 2 is 2.07 bits per heavy atom. The number of carbonyl (C=O) groups excluding carboxylic acids is 1. The Bertz CT molecular complexity index is 793. The number of aryl methyl sites for hydroxylation is 1. The van der Waals surface area contributed by atoms with Gasteiger partial charge < -0.3 is 9.32 Å². The summed E-state index contributed by atoms with van der Waals surface area (Å²) in [6.07, 6.45) is 8.21. The molecule has 1 aliphatic heterocycles. The minimum Gasteiger partial charge on any atom is -0.410 e. The van der Waals surface area contributed by atoms with Crippen molar-refractivity contribution in [3.63, 3.8) is 0 Å². The highest BCUT2D eigenvalue weighted by molar-refractivity contribution is 8.00. The third kappa shape index (κ3) is 4.40. The highest BCUT2D eigenvalue weighted by atomic mass is 32.2. The average Bonchev–Trinajstić information content (AvgIpc) is 3.19. The number of nitrogens with zero attached hydrogens (tertiary/aromatic N) is 3. The zero-order valence-corrected chi connectivity index (χ0v) is 17.7. The van der Waals surface area contributed by atoms with E-state index in [2.05, 4.69) is 23.2 Å². The molecular formula is C20H27N3O2S2. The van der Waals surface area contributed by atoms with Crippen molar-refractivity contribution in [2.45, 2.75) is 69.3 Å². The first-order valence-corrected chi connectivity index (χ1v) is 11.7. The number of hydrogen-bond donors (Lipinski definition) is 0. The molecule has 0 unspecified atom stereocenters. The molecule has 2 atom stereocenters. The van der Waals surface area contributed by atoms with E-state index >= 15 is 0 Å². The number of hydrogen-bond acceptors (Lipinski definition) is 6. The van der Waals surface area contributed by atoms with Crippen LogP contribution in [0.3, 0.4) is 0 Å². The topological polar surface area (TPSA) is 59.2 Å². The maximum atomic E-state index is 12.7. The molecule has 1 amide bonds. The van der Waals surface area contributed by atoms with Crippen LogP contribution in [0.25, 0.3) is 10.8 Å². The van der Waals surface area contributed by atoms with Crippen LogP contribution in [0.2, 0.25) is 0 Å². The minimum absolute atomic E-state index is 0.183. The first-order chi connectivity index (χ1) is 13.1. The Balaban J connectivity index is 1.41. The Labute approximate surface area is 168 Å². The number of thiophene rings is 1. The summed E-state index contributed by atoms with van der Waals surface area (Å²) in [5.74, 6) is 1.51. The minimum atomic E-state index is -0.200. The van der Waals surface area contributed by atoms with Gasteiger partial charge >= 0.3 is 0 Å². The maximum absolute atomic E-state index is 12.7. The number of rotatable bonds is 4. The molecule has 0 spiro atoms. The van der Waals surface area contributed by atoms with Crippen molar-refractivity contribution in [1.82, 2.24) is 15.1 Å². The van der Waals surface area contributed by atoms with Crippen molar-refractivity contribution < 1.29 is 9.21 Å². The predicted molar refractivity (Wildman–Crippen MR) is 109 cm³/mol. The SMILES string of the molecule is C[C@H]1CCc2sc(-c3nnc(S[C@H](C)C(=O)N4CCCCCC4)o3)cc2C1. The lowest BCUT2D eigenvalue weighted by atomic mass is 9.90. The Morgan fingerprint density at radius 3 is 2.85 bits per heavy atom. The van der Waals surface area contributed by atoms with Gasteiger partial charge in [-0.25, -0.2) is 0 Å². The van der Waals surface area contributed by atoms with E-state index in [-0.39, 0.29) is 11.2 Å². The molecule has 2 aromatic rings. The van der Waals surface area contributed by atoms with Crippen LogP contribution in [-0.2, 0) is 17.6 Å². The van der Waals surface area contributed by atoms with Crippen LogP contribution in [0, 0.1) is 5.92 Å². The van der Waals surface area contributed by atoms with E-state index in [1.807, 2.05) is 11.8 Å². The maximum Gasteiger partial charge on any atom is 0.277 e. The summed E-state index contributed by atoms with van der Waals surface area (Å²) in [4.78, 5) is 17.2. The van der Waals surface area contributed by atoms with Crippen LogP contribution in [0.15, 0.2) is 15.7 Å². The lowest BCUT2D eigenvalue weighted by molar-refractivity contribution is -0.130. The van der Waals surface area contributed by atoms with E-state index < -0.39 is 0 Å². The fourth-order valence-electron chi connectivity index (χ4n) is 3.92. The second-order valence-corrected chi connectivity index (χ2v) is 10.2. The first-order valence-electron chi connectivity index (χ1n) is 10.0. The largest absolute Gasteiger partial charge is 0.410 e. The quantitative estimate of drug-likeness (QED) is 0.684. The second kappa shape index (κ2) is 8.35. The molecule has 0 N–H and O–H groups in total. The van der Waals surface area contributed by atoms with Crippen molar-refractivity contribution in [2.24, 2.45) is 5.92 Å². The summed E-state index contributed by atoms with van der Waals surface area (Å²) in [6, 6.07) is 2.21. The van der Waals surface area contributed by atoms with E-state index in [1.54, 1.807) is 11.3 Å². The number of aromatic nitrogens is 2. The van der Waals surface area contributed by atoms with Crippen molar-refractivity contribution in [2.75, 3.05) is 13.1 Å². The molecule has 0 aromatic carbocycles. The molecule has 1 fully saturated rings. The van der Waals surface area contributed by atoms with Gasteiger partial charge in [-0.1, -0.05) is 31.5 Å². The molecule has 4 rings (SSSR count). The molecule has 7 heteroatoms. The third-order valence-corrected chi connectivity index (χ3v) is 7.64. The summed E-state index contributed by atoms with van der Waals surface area (Å²) in [5, 5.41) is 8.71. The lowest BCUT2D eigenvalue weighted by Gasteiger charge is -2.23. The van der Waals surface area contributed by atoms with Gasteiger partial charge in [0.2, 0.25) is 5.91 Å². The number of fused-ring (bicyclic) bond motifs is 1. The zero-order valence-electron chi connectivity index (χ0n) is 16.1. The Hall–Kier alpha value is -1.34. The molecule has 27 heavy (non-hydrogen) atoms. The fourth-order valence-corrected chi connectivity index (χ4v) is 5.82. The van der Waals surface area contributed by atoms with Crippen LogP contribution in [0.5, 0.6) is 0 Å². The Morgan fingerprint density at radius 1 is 1.30 bits per heavy atom. The number of thioether (sulfide) groups is 1. The van der Waals surface area contributed by atoms with Crippen LogP contribution < -0.4 is 0 Å². The predicted octanol–water partition coefficient (Wildman–Crippen LogP) is 4.81. The Kier molecular flexibility index (Phi) is 5.88. The summed E-state index contributed by atoms with van der Waals surface area (Å²) in [7, 11) is 0. The van der Waals surface area contributed by atoms with Crippen molar-refractivity contribution >= 4 is 29.0 Å².